The molecular weight excluding hydrogens is 325 g/mol. The third-order valence-electron chi connectivity index (χ3n) is 2.49. The molecule has 20 heavy (non-hydrogen) atoms. The molecular formula is C14H13CaCl2NO2. The van der Waals surface area contributed by atoms with Crippen LogP contribution in [0.25, 0.3) is 0 Å². The van der Waals surface area contributed by atoms with E-state index in [1.165, 1.54) is 0 Å². The quantitative estimate of drug-likeness (QED) is 0.405. The molecule has 0 aromatic heterocycles. The summed E-state index contributed by atoms with van der Waals surface area (Å²) in [6, 6.07) is 11.6. The zero-order chi connectivity index (χ0) is 13.8. The van der Waals surface area contributed by atoms with E-state index >= 15 is 0 Å². The SMILES string of the molecule is Nc1ccc(OC(=O)Cc2c(Cl)cccc2Cl)cc1.[CaH2]. The van der Waals surface area contributed by atoms with Crippen molar-refractivity contribution in [1.82, 2.24) is 0 Å². The number of esters is 1. The zero-order valence-corrected chi connectivity index (χ0v) is 11.4. The first-order valence-electron chi connectivity index (χ1n) is 5.55. The van der Waals surface area contributed by atoms with Crippen molar-refractivity contribution in [1.29, 1.82) is 0 Å². The predicted octanol–water partition coefficient (Wildman–Crippen LogP) is 2.81. The number of benzene rings is 2. The molecule has 0 radical (unpaired) electrons. The van der Waals surface area contributed by atoms with Crippen LogP contribution >= 0.6 is 23.2 Å². The first-order valence-corrected chi connectivity index (χ1v) is 6.31. The normalized spacial score (nSPS) is 9.70. The summed E-state index contributed by atoms with van der Waals surface area (Å²) in [7, 11) is 0. The van der Waals surface area contributed by atoms with Gasteiger partial charge in [-0.1, -0.05) is 29.3 Å². The van der Waals surface area contributed by atoms with Crippen molar-refractivity contribution in [2.24, 2.45) is 0 Å². The number of hydrogen-bond acceptors (Lipinski definition) is 3. The van der Waals surface area contributed by atoms with Crippen LogP contribution in [0, 0.1) is 0 Å². The van der Waals surface area contributed by atoms with Crippen molar-refractivity contribution in [3.63, 3.8) is 0 Å². The van der Waals surface area contributed by atoms with E-state index in [1.54, 1.807) is 42.5 Å². The van der Waals surface area contributed by atoms with Crippen molar-refractivity contribution in [3.05, 3.63) is 58.1 Å². The Balaban J connectivity index is 0.00000200. The van der Waals surface area contributed by atoms with Crippen LogP contribution in [0.1, 0.15) is 5.56 Å². The molecule has 2 aromatic rings. The van der Waals surface area contributed by atoms with Gasteiger partial charge >= 0.3 is 43.7 Å². The molecule has 0 bridgehead atoms. The molecule has 0 atom stereocenters. The summed E-state index contributed by atoms with van der Waals surface area (Å²) in [4.78, 5) is 11.8. The Morgan fingerprint density at radius 2 is 1.60 bits per heavy atom. The fourth-order valence-electron chi connectivity index (χ4n) is 1.55. The van der Waals surface area contributed by atoms with Gasteiger partial charge in [0.15, 0.2) is 0 Å². The van der Waals surface area contributed by atoms with Gasteiger partial charge in [0.25, 0.3) is 0 Å². The Morgan fingerprint density at radius 3 is 2.15 bits per heavy atom. The zero-order valence-electron chi connectivity index (χ0n) is 9.90. The minimum atomic E-state index is -0.431. The van der Waals surface area contributed by atoms with Gasteiger partial charge in [-0.15, -0.1) is 0 Å². The summed E-state index contributed by atoms with van der Waals surface area (Å²) < 4.78 is 5.17. The average Bonchev–Trinajstić information content (AvgIpc) is 2.37. The topological polar surface area (TPSA) is 52.3 Å². The molecule has 2 rings (SSSR count). The summed E-state index contributed by atoms with van der Waals surface area (Å²) in [5.41, 5.74) is 6.71. The fourth-order valence-corrected chi connectivity index (χ4v) is 2.08. The van der Waals surface area contributed by atoms with Crippen LogP contribution in [0.15, 0.2) is 42.5 Å². The van der Waals surface area contributed by atoms with Crippen LogP contribution in [-0.2, 0) is 11.2 Å². The monoisotopic (exact) mass is 337 g/mol. The standard InChI is InChI=1S/C14H11Cl2NO2.Ca.2H/c15-12-2-1-3-13(16)11(12)8-14(18)19-10-6-4-9(17)5-7-10;;;/h1-7H,8,17H2;;;. The number of carbonyl (C=O) groups excluding carboxylic acids is 1. The maximum absolute atomic E-state index is 11.8. The number of rotatable bonds is 3. The molecule has 2 N–H and O–H groups in total. The van der Waals surface area contributed by atoms with Crippen molar-refractivity contribution in [2.75, 3.05) is 5.73 Å². The molecule has 3 nitrogen and oxygen atoms in total. The molecule has 0 heterocycles. The van der Waals surface area contributed by atoms with E-state index in [2.05, 4.69) is 0 Å². The number of anilines is 1. The third kappa shape index (κ3) is 4.83. The summed E-state index contributed by atoms with van der Waals surface area (Å²) in [6.07, 6.45) is 0.0167. The minimum absolute atomic E-state index is 0. The van der Waals surface area contributed by atoms with Gasteiger partial charge in [0.05, 0.1) is 6.42 Å². The Bertz CT molecular complexity index is 582. The molecule has 0 aliphatic rings. The Labute approximate surface area is 157 Å². The molecule has 0 saturated carbocycles. The van der Waals surface area contributed by atoms with Gasteiger partial charge in [0.2, 0.25) is 0 Å². The fraction of sp³-hybridized carbons (Fsp3) is 0.0714. The molecule has 0 spiro atoms. The molecule has 0 aliphatic heterocycles. The molecule has 0 aliphatic carbocycles. The number of hydrogen-bond donors (Lipinski definition) is 1. The maximum atomic E-state index is 11.8. The van der Waals surface area contributed by atoms with E-state index in [4.69, 9.17) is 33.7 Å². The van der Waals surface area contributed by atoms with E-state index in [9.17, 15) is 4.79 Å². The van der Waals surface area contributed by atoms with Crippen LogP contribution in [0.5, 0.6) is 5.75 Å². The van der Waals surface area contributed by atoms with Gasteiger partial charge < -0.3 is 10.5 Å². The molecule has 0 saturated heterocycles. The number of halogens is 2. The number of nitrogen functional groups attached to an aromatic ring is 1. The molecule has 2 aromatic carbocycles. The Hall–Kier alpha value is -0.450. The number of nitrogens with two attached hydrogens (primary N) is 1. The van der Waals surface area contributed by atoms with Gasteiger partial charge in [-0.2, -0.15) is 0 Å². The predicted molar refractivity (Wildman–Crippen MR) is 85.2 cm³/mol. The number of ether oxygens (including phenoxy) is 1. The summed E-state index contributed by atoms with van der Waals surface area (Å²) in [6.45, 7) is 0. The van der Waals surface area contributed by atoms with Crippen LogP contribution < -0.4 is 10.5 Å². The molecule has 0 amide bonds. The molecule has 6 heteroatoms. The van der Waals surface area contributed by atoms with Crippen molar-refractivity contribution < 1.29 is 9.53 Å². The third-order valence-corrected chi connectivity index (χ3v) is 3.20. The first-order chi connectivity index (χ1) is 9.06. The van der Waals surface area contributed by atoms with Crippen LogP contribution in [0.2, 0.25) is 10.0 Å². The second-order valence-electron chi connectivity index (χ2n) is 3.92. The summed E-state index contributed by atoms with van der Waals surface area (Å²) in [5.74, 6) is 0.00199. The second-order valence-corrected chi connectivity index (χ2v) is 4.73. The average molecular weight is 338 g/mol. The van der Waals surface area contributed by atoms with Gasteiger partial charge in [0.1, 0.15) is 5.75 Å². The van der Waals surface area contributed by atoms with Gasteiger partial charge in [-0.25, -0.2) is 0 Å². The van der Waals surface area contributed by atoms with Crippen LogP contribution in [0.4, 0.5) is 5.69 Å². The van der Waals surface area contributed by atoms with Crippen LogP contribution in [-0.4, -0.2) is 43.7 Å². The molecule has 0 fully saturated rings. The summed E-state index contributed by atoms with van der Waals surface area (Å²) in [5, 5.41) is 0.892. The van der Waals surface area contributed by atoms with E-state index < -0.39 is 5.97 Å². The number of carbonyl (C=O) groups is 1. The van der Waals surface area contributed by atoms with Gasteiger partial charge in [-0.3, -0.25) is 4.79 Å². The Kier molecular flexibility index (Phi) is 7.13. The van der Waals surface area contributed by atoms with E-state index in [0.29, 0.717) is 27.0 Å². The van der Waals surface area contributed by atoms with E-state index in [1.807, 2.05) is 0 Å². The summed E-state index contributed by atoms with van der Waals surface area (Å²) >= 11 is 12.0. The molecule has 102 valence electrons. The van der Waals surface area contributed by atoms with Crippen molar-refractivity contribution >= 4 is 72.6 Å². The van der Waals surface area contributed by atoms with E-state index in [0.717, 1.165) is 0 Å². The van der Waals surface area contributed by atoms with Gasteiger partial charge in [0, 0.05) is 21.3 Å². The van der Waals surface area contributed by atoms with Crippen LogP contribution in [0.3, 0.4) is 0 Å². The van der Waals surface area contributed by atoms with E-state index in [-0.39, 0.29) is 44.2 Å². The molecule has 0 unspecified atom stereocenters. The van der Waals surface area contributed by atoms with Gasteiger partial charge in [-0.05, 0) is 36.4 Å². The van der Waals surface area contributed by atoms with Crippen molar-refractivity contribution in [3.8, 4) is 5.75 Å². The first kappa shape index (κ1) is 17.6. The second kappa shape index (κ2) is 8.11. The van der Waals surface area contributed by atoms with Crippen molar-refractivity contribution in [2.45, 2.75) is 6.42 Å². The Morgan fingerprint density at radius 1 is 1.05 bits per heavy atom.